The van der Waals surface area contributed by atoms with E-state index < -0.39 is 8.07 Å². The molecule has 0 aromatic heterocycles. The average Bonchev–Trinajstić information content (AvgIpc) is 2.51. The lowest BCUT2D eigenvalue weighted by Crippen LogP contribution is -2.66. The summed E-state index contributed by atoms with van der Waals surface area (Å²) in [6, 6.07) is 0. The summed E-state index contributed by atoms with van der Waals surface area (Å²) in [5.41, 5.74) is 0.974. The predicted octanol–water partition coefficient (Wildman–Crippen LogP) is 4.09. The summed E-state index contributed by atoms with van der Waals surface area (Å²) >= 11 is 0. The second-order valence-electron chi connectivity index (χ2n) is 9.12. The maximum absolute atomic E-state index is 12.6. The maximum Gasteiger partial charge on any atom is 0.335 e. The van der Waals surface area contributed by atoms with Gasteiger partial charge in [0.1, 0.15) is 0 Å². The molecule has 0 N–H and O–H groups in total. The van der Waals surface area contributed by atoms with Crippen LogP contribution in [0.25, 0.3) is 0 Å². The topological polar surface area (TPSA) is 35.5 Å². The van der Waals surface area contributed by atoms with Gasteiger partial charge in [-0.1, -0.05) is 37.7 Å². The van der Waals surface area contributed by atoms with E-state index in [0.717, 1.165) is 17.9 Å². The van der Waals surface area contributed by atoms with Crippen molar-refractivity contribution in [2.75, 3.05) is 7.11 Å². The summed E-state index contributed by atoms with van der Waals surface area (Å²) in [6.45, 7) is 7.20. The molecule has 2 heterocycles. The molecule has 0 aromatic carbocycles. The monoisotopic (exact) mass is 334 g/mol. The zero-order valence-corrected chi connectivity index (χ0v) is 16.0. The minimum absolute atomic E-state index is 0.0000694. The Hall–Kier alpha value is -0.613. The minimum Gasteiger partial charge on any atom is -0.466 e. The lowest BCUT2D eigenvalue weighted by molar-refractivity contribution is -0.235. The molecule has 23 heavy (non-hydrogen) atoms. The van der Waals surface area contributed by atoms with Crippen LogP contribution in [0.3, 0.4) is 0 Å². The zero-order valence-electron chi connectivity index (χ0n) is 15.0. The van der Waals surface area contributed by atoms with E-state index in [1.54, 1.807) is 0 Å². The molecular weight excluding hydrogens is 304 g/mol. The highest BCUT2D eigenvalue weighted by Gasteiger charge is 2.64. The van der Waals surface area contributed by atoms with E-state index in [1.807, 2.05) is 0 Å². The fraction of sp³-hybridized carbons (Fsp3) is 0.842. The standard InChI is InChI=1S/C19H30O3Si/c1-21-18(20)15-14-11-12-8-9-13-7-5-6-10-19(13,22-14)16(12)17(15)23(2,3)4/h12-14,16H,5-11H2,1-4H3/t12-,13-,14+,16-,19-/m0/s1. The molecule has 2 aliphatic heterocycles. The second kappa shape index (κ2) is 5.19. The maximum atomic E-state index is 12.6. The number of hydrogen-bond acceptors (Lipinski definition) is 3. The van der Waals surface area contributed by atoms with E-state index in [0.29, 0.717) is 11.8 Å². The van der Waals surface area contributed by atoms with Crippen molar-refractivity contribution in [3.63, 3.8) is 0 Å². The fourth-order valence-electron chi connectivity index (χ4n) is 6.31. The molecule has 0 aromatic rings. The van der Waals surface area contributed by atoms with Crippen molar-refractivity contribution >= 4 is 14.0 Å². The normalized spacial score (nSPS) is 42.4. The van der Waals surface area contributed by atoms with Crippen molar-refractivity contribution in [3.8, 4) is 0 Å². The third-order valence-electron chi connectivity index (χ3n) is 6.96. The van der Waals surface area contributed by atoms with Crippen LogP contribution in [0.4, 0.5) is 0 Å². The van der Waals surface area contributed by atoms with Crippen molar-refractivity contribution < 1.29 is 14.3 Å². The molecule has 5 aliphatic rings. The number of carbonyl (C=O) groups excluding carboxylic acids is 1. The van der Waals surface area contributed by atoms with E-state index in [2.05, 4.69) is 19.6 Å². The number of carbonyl (C=O) groups is 1. The van der Waals surface area contributed by atoms with Crippen LogP contribution in [-0.2, 0) is 14.3 Å². The van der Waals surface area contributed by atoms with Crippen molar-refractivity contribution in [2.24, 2.45) is 17.8 Å². The first kappa shape index (κ1) is 15.9. The van der Waals surface area contributed by atoms with Gasteiger partial charge in [-0.2, -0.15) is 0 Å². The van der Waals surface area contributed by atoms with Gasteiger partial charge in [-0.05, 0) is 43.9 Å². The third-order valence-corrected chi connectivity index (χ3v) is 9.16. The van der Waals surface area contributed by atoms with Gasteiger partial charge in [-0.3, -0.25) is 0 Å². The lowest BCUT2D eigenvalue weighted by Gasteiger charge is -2.64. The van der Waals surface area contributed by atoms with Crippen molar-refractivity contribution in [1.29, 1.82) is 0 Å². The van der Waals surface area contributed by atoms with Gasteiger partial charge in [-0.25, -0.2) is 4.79 Å². The van der Waals surface area contributed by atoms with E-state index in [-0.39, 0.29) is 17.7 Å². The Bertz CT molecular complexity index is 561. The van der Waals surface area contributed by atoms with Crippen LogP contribution >= 0.6 is 0 Å². The fourth-order valence-corrected chi connectivity index (χ4v) is 8.79. The Morgan fingerprint density at radius 1 is 1.22 bits per heavy atom. The molecule has 1 saturated heterocycles. The summed E-state index contributed by atoms with van der Waals surface area (Å²) in [5, 5.41) is 1.50. The SMILES string of the molecule is COC(=O)C1=C([Si](C)(C)C)[C@@H]2[C@H]3CC[C@@H]4CCCC[C@]42O[C@@H]1C3. The molecule has 5 rings (SSSR count). The van der Waals surface area contributed by atoms with Gasteiger partial charge >= 0.3 is 5.97 Å². The summed E-state index contributed by atoms with van der Waals surface area (Å²) in [4.78, 5) is 12.6. The highest BCUT2D eigenvalue weighted by molar-refractivity contribution is 6.83. The molecule has 0 unspecified atom stereocenters. The Labute approximate surface area is 140 Å². The summed E-state index contributed by atoms with van der Waals surface area (Å²) in [6.07, 6.45) is 8.88. The van der Waals surface area contributed by atoms with Gasteiger partial charge in [0.2, 0.25) is 0 Å². The quantitative estimate of drug-likeness (QED) is 0.563. The Morgan fingerprint density at radius 2 is 2.00 bits per heavy atom. The summed E-state index contributed by atoms with van der Waals surface area (Å²) < 4.78 is 11.9. The third kappa shape index (κ3) is 2.13. The van der Waals surface area contributed by atoms with E-state index >= 15 is 0 Å². The van der Waals surface area contributed by atoms with E-state index in [4.69, 9.17) is 9.47 Å². The second-order valence-corrected chi connectivity index (χ2v) is 14.2. The van der Waals surface area contributed by atoms with Crippen LogP contribution in [0, 0.1) is 17.8 Å². The molecule has 1 spiro atoms. The smallest absolute Gasteiger partial charge is 0.335 e. The first-order chi connectivity index (χ1) is 10.9. The predicted molar refractivity (Wildman–Crippen MR) is 92.8 cm³/mol. The number of rotatable bonds is 2. The van der Waals surface area contributed by atoms with Gasteiger partial charge in [0, 0.05) is 5.92 Å². The van der Waals surface area contributed by atoms with Crippen molar-refractivity contribution in [2.45, 2.75) is 76.3 Å². The Morgan fingerprint density at radius 3 is 2.70 bits per heavy atom. The van der Waals surface area contributed by atoms with Gasteiger partial charge in [0.25, 0.3) is 0 Å². The van der Waals surface area contributed by atoms with Crippen molar-refractivity contribution in [3.05, 3.63) is 10.8 Å². The highest BCUT2D eigenvalue weighted by atomic mass is 28.3. The molecule has 5 atom stereocenters. The first-order valence-electron chi connectivity index (χ1n) is 9.39. The van der Waals surface area contributed by atoms with Crippen LogP contribution in [0.2, 0.25) is 19.6 Å². The lowest BCUT2D eigenvalue weighted by atomic mass is 9.53. The average molecular weight is 335 g/mol. The van der Waals surface area contributed by atoms with Crippen LogP contribution in [0.15, 0.2) is 10.8 Å². The number of hydrogen-bond donors (Lipinski definition) is 0. The van der Waals surface area contributed by atoms with Crippen molar-refractivity contribution in [1.82, 2.24) is 0 Å². The molecule has 2 saturated carbocycles. The van der Waals surface area contributed by atoms with E-state index in [1.165, 1.54) is 50.8 Å². The molecule has 0 amide bonds. The Balaban J connectivity index is 1.89. The molecular formula is C19H30O3Si. The molecule has 4 heteroatoms. The largest absolute Gasteiger partial charge is 0.466 e. The zero-order chi connectivity index (χ0) is 16.4. The molecule has 3 fully saturated rings. The van der Waals surface area contributed by atoms with Gasteiger partial charge in [0.15, 0.2) is 0 Å². The minimum atomic E-state index is -1.60. The first-order valence-corrected chi connectivity index (χ1v) is 12.9. The highest BCUT2D eigenvalue weighted by Crippen LogP contribution is 2.63. The van der Waals surface area contributed by atoms with Crippen LogP contribution < -0.4 is 0 Å². The summed E-state index contributed by atoms with van der Waals surface area (Å²) in [5.74, 6) is 1.81. The number of methoxy groups -OCH3 is 1. The molecule has 3 nitrogen and oxygen atoms in total. The van der Waals surface area contributed by atoms with Crippen LogP contribution in [-0.4, -0.2) is 32.9 Å². The summed E-state index contributed by atoms with van der Waals surface area (Å²) in [7, 11) is -0.0850. The molecule has 3 aliphatic carbocycles. The molecule has 0 radical (unpaired) electrons. The van der Waals surface area contributed by atoms with Gasteiger partial charge in [-0.15, -0.1) is 0 Å². The number of ether oxygens (including phenoxy) is 2. The van der Waals surface area contributed by atoms with Gasteiger partial charge < -0.3 is 9.47 Å². The molecule has 128 valence electrons. The Kier molecular flexibility index (Phi) is 3.58. The van der Waals surface area contributed by atoms with Crippen LogP contribution in [0.5, 0.6) is 0 Å². The van der Waals surface area contributed by atoms with Crippen LogP contribution in [0.1, 0.15) is 44.9 Å². The van der Waals surface area contributed by atoms with Gasteiger partial charge in [0.05, 0.1) is 32.5 Å². The van der Waals surface area contributed by atoms with E-state index in [9.17, 15) is 4.79 Å². The molecule has 4 bridgehead atoms. The number of esters is 1.